The van der Waals surface area contributed by atoms with Gasteiger partial charge in [0.1, 0.15) is 5.58 Å². The second-order valence-corrected chi connectivity index (χ2v) is 6.33. The van der Waals surface area contributed by atoms with E-state index in [2.05, 4.69) is 0 Å². The molecule has 1 heterocycles. The normalized spacial score (nSPS) is 11.8. The minimum Gasteiger partial charge on any atom is -0.449 e. The summed E-state index contributed by atoms with van der Waals surface area (Å²) in [7, 11) is 1.59. The monoisotopic (exact) mass is 385 g/mol. The molecule has 1 amide bonds. The smallest absolute Gasteiger partial charge is 0.375 e. The molecule has 138 valence electrons. The van der Waals surface area contributed by atoms with Gasteiger partial charge in [0.25, 0.3) is 5.91 Å². The summed E-state index contributed by atoms with van der Waals surface area (Å²) < 4.78 is 10.6. The molecule has 0 aliphatic rings. The first-order chi connectivity index (χ1) is 12.9. The Hall–Kier alpha value is -3.12. The van der Waals surface area contributed by atoms with Crippen LogP contribution in [0.5, 0.6) is 0 Å². The van der Waals surface area contributed by atoms with Crippen molar-refractivity contribution in [3.05, 3.63) is 75.6 Å². The van der Waals surface area contributed by atoms with Gasteiger partial charge in [0.05, 0.1) is 5.39 Å². The maximum absolute atomic E-state index is 12.5. The van der Waals surface area contributed by atoms with E-state index < -0.39 is 23.4 Å². The number of anilines is 1. The highest BCUT2D eigenvalue weighted by molar-refractivity contribution is 6.31. The van der Waals surface area contributed by atoms with Crippen molar-refractivity contribution in [2.75, 3.05) is 11.9 Å². The quantitative estimate of drug-likeness (QED) is 0.640. The Morgan fingerprint density at radius 3 is 2.52 bits per heavy atom. The second-order valence-electron chi connectivity index (χ2n) is 5.90. The summed E-state index contributed by atoms with van der Waals surface area (Å²) in [5.74, 6) is -1.59. The number of nitrogens with zero attached hydrogens (tertiary/aromatic N) is 1. The van der Waals surface area contributed by atoms with Gasteiger partial charge in [-0.25, -0.2) is 4.79 Å². The molecule has 1 aromatic heterocycles. The Kier molecular flexibility index (Phi) is 5.28. The molecule has 3 aromatic rings. The van der Waals surface area contributed by atoms with Gasteiger partial charge in [-0.1, -0.05) is 29.8 Å². The number of amides is 1. The van der Waals surface area contributed by atoms with Crippen LogP contribution in [0.25, 0.3) is 11.0 Å². The van der Waals surface area contributed by atoms with E-state index in [0.29, 0.717) is 10.7 Å². The van der Waals surface area contributed by atoms with Crippen molar-refractivity contribution >= 4 is 40.1 Å². The van der Waals surface area contributed by atoms with Crippen molar-refractivity contribution in [3.8, 4) is 0 Å². The van der Waals surface area contributed by atoms with E-state index in [1.54, 1.807) is 37.4 Å². The molecule has 6 nitrogen and oxygen atoms in total. The zero-order chi connectivity index (χ0) is 19.6. The molecule has 2 aromatic carbocycles. The first-order valence-corrected chi connectivity index (χ1v) is 8.51. The fraction of sp³-hybridized carbons (Fsp3) is 0.150. The number of rotatable bonds is 4. The predicted molar refractivity (Wildman–Crippen MR) is 102 cm³/mol. The largest absolute Gasteiger partial charge is 0.449 e. The third-order valence-corrected chi connectivity index (χ3v) is 4.23. The summed E-state index contributed by atoms with van der Waals surface area (Å²) in [6.45, 7) is 1.46. The number of ether oxygens (including phenoxy) is 1. The lowest BCUT2D eigenvalue weighted by molar-refractivity contribution is -0.126. The first-order valence-electron chi connectivity index (χ1n) is 8.14. The number of esters is 1. The van der Waals surface area contributed by atoms with Crippen molar-refractivity contribution in [3.63, 3.8) is 0 Å². The number of benzene rings is 2. The number of para-hydroxylation sites is 1. The Balaban J connectivity index is 1.78. The van der Waals surface area contributed by atoms with Gasteiger partial charge >= 0.3 is 5.97 Å². The van der Waals surface area contributed by atoms with Crippen LogP contribution >= 0.6 is 11.6 Å². The van der Waals surface area contributed by atoms with Gasteiger partial charge in [0.15, 0.2) is 11.5 Å². The van der Waals surface area contributed by atoms with E-state index in [9.17, 15) is 14.4 Å². The van der Waals surface area contributed by atoms with Crippen LogP contribution in [0.3, 0.4) is 0 Å². The lowest BCUT2D eigenvalue weighted by Crippen LogP contribution is -2.37. The molecule has 0 aliphatic heterocycles. The van der Waals surface area contributed by atoms with E-state index in [1.807, 2.05) is 6.07 Å². The average molecular weight is 386 g/mol. The van der Waals surface area contributed by atoms with Gasteiger partial charge in [0.2, 0.25) is 5.76 Å². The van der Waals surface area contributed by atoms with Gasteiger partial charge in [0, 0.05) is 23.8 Å². The summed E-state index contributed by atoms with van der Waals surface area (Å²) in [6, 6.07) is 14.5. The highest BCUT2D eigenvalue weighted by atomic mass is 35.5. The Morgan fingerprint density at radius 1 is 1.11 bits per heavy atom. The molecular formula is C20H16ClNO5. The van der Waals surface area contributed by atoms with Crippen molar-refractivity contribution in [1.82, 2.24) is 0 Å². The molecule has 0 fully saturated rings. The maximum Gasteiger partial charge on any atom is 0.375 e. The number of likely N-dealkylation sites (N-methyl/N-ethyl adjacent to an activating group) is 1. The molecule has 0 aliphatic carbocycles. The molecule has 0 saturated carbocycles. The number of carbonyl (C=O) groups is 2. The standard InChI is InChI=1S/C20H16ClNO5/c1-12(19(24)22(2)14-6-4-3-5-7-14)26-20(25)18-11-16(23)15-10-13(21)8-9-17(15)27-18/h3-12H,1-2H3/t12-/m0/s1. The van der Waals surface area contributed by atoms with E-state index in [0.717, 1.165) is 6.07 Å². The van der Waals surface area contributed by atoms with Crippen LogP contribution in [0.4, 0.5) is 5.69 Å². The van der Waals surface area contributed by atoms with Gasteiger partial charge in [-0.2, -0.15) is 0 Å². The lowest BCUT2D eigenvalue weighted by atomic mass is 10.2. The van der Waals surface area contributed by atoms with Crippen LogP contribution in [0.1, 0.15) is 17.5 Å². The van der Waals surface area contributed by atoms with Gasteiger partial charge < -0.3 is 14.1 Å². The van der Waals surface area contributed by atoms with Gasteiger partial charge in [-0.05, 0) is 37.3 Å². The minimum atomic E-state index is -1.06. The molecule has 0 spiro atoms. The van der Waals surface area contributed by atoms with Crippen molar-refractivity contribution in [2.24, 2.45) is 0 Å². The van der Waals surface area contributed by atoms with Gasteiger partial charge in [-0.3, -0.25) is 9.59 Å². The molecule has 3 rings (SSSR count). The molecule has 7 heteroatoms. The van der Waals surface area contributed by atoms with E-state index in [4.69, 9.17) is 20.8 Å². The number of hydrogen-bond acceptors (Lipinski definition) is 5. The number of carbonyl (C=O) groups excluding carboxylic acids is 2. The molecular weight excluding hydrogens is 370 g/mol. The van der Waals surface area contributed by atoms with Crippen LogP contribution in [0.2, 0.25) is 5.02 Å². The molecule has 0 radical (unpaired) electrons. The summed E-state index contributed by atoms with van der Waals surface area (Å²) >= 11 is 5.86. The molecule has 1 atom stereocenters. The minimum absolute atomic E-state index is 0.208. The fourth-order valence-electron chi connectivity index (χ4n) is 2.55. The first kappa shape index (κ1) is 18.7. The van der Waals surface area contributed by atoms with Crippen molar-refractivity contribution in [2.45, 2.75) is 13.0 Å². The summed E-state index contributed by atoms with van der Waals surface area (Å²) in [4.78, 5) is 38.4. The third kappa shape index (κ3) is 4.01. The van der Waals surface area contributed by atoms with E-state index in [-0.39, 0.29) is 16.7 Å². The summed E-state index contributed by atoms with van der Waals surface area (Å²) in [6.07, 6.45) is -1.06. The molecule has 0 N–H and O–H groups in total. The Labute approximate surface area is 159 Å². The highest BCUT2D eigenvalue weighted by Gasteiger charge is 2.24. The van der Waals surface area contributed by atoms with Crippen LogP contribution in [-0.4, -0.2) is 25.0 Å². The van der Waals surface area contributed by atoms with Crippen LogP contribution in [0, 0.1) is 0 Å². The number of hydrogen-bond donors (Lipinski definition) is 0. The topological polar surface area (TPSA) is 76.8 Å². The van der Waals surface area contributed by atoms with Crippen LogP contribution < -0.4 is 10.3 Å². The fourth-order valence-corrected chi connectivity index (χ4v) is 2.72. The van der Waals surface area contributed by atoms with Gasteiger partial charge in [-0.15, -0.1) is 0 Å². The van der Waals surface area contributed by atoms with Crippen LogP contribution in [0.15, 0.2) is 63.8 Å². The molecule has 27 heavy (non-hydrogen) atoms. The summed E-state index contributed by atoms with van der Waals surface area (Å²) in [5.41, 5.74) is 0.449. The van der Waals surface area contributed by atoms with Crippen molar-refractivity contribution in [1.29, 1.82) is 0 Å². The Morgan fingerprint density at radius 2 is 1.81 bits per heavy atom. The second kappa shape index (κ2) is 7.63. The number of halogens is 1. The van der Waals surface area contributed by atoms with Crippen molar-refractivity contribution < 1.29 is 18.7 Å². The van der Waals surface area contributed by atoms with Crippen LogP contribution in [-0.2, 0) is 9.53 Å². The molecule has 0 unspecified atom stereocenters. The molecule has 0 bridgehead atoms. The zero-order valence-electron chi connectivity index (χ0n) is 14.6. The highest BCUT2D eigenvalue weighted by Crippen LogP contribution is 2.19. The number of fused-ring (bicyclic) bond motifs is 1. The predicted octanol–water partition coefficient (Wildman–Crippen LogP) is 3.65. The third-order valence-electron chi connectivity index (χ3n) is 4.00. The van der Waals surface area contributed by atoms with E-state index >= 15 is 0 Å². The van der Waals surface area contributed by atoms with E-state index in [1.165, 1.54) is 24.0 Å². The molecule has 0 saturated heterocycles. The lowest BCUT2D eigenvalue weighted by Gasteiger charge is -2.21. The zero-order valence-corrected chi connectivity index (χ0v) is 15.4. The SMILES string of the molecule is C[C@H](OC(=O)c1cc(=O)c2cc(Cl)ccc2o1)C(=O)N(C)c1ccccc1. The maximum atomic E-state index is 12.5. The summed E-state index contributed by atoms with van der Waals surface area (Å²) in [5, 5.41) is 0.639. The average Bonchev–Trinajstić information content (AvgIpc) is 2.67. The Bertz CT molecular complexity index is 1060.